The standard InChI is InChI=1S/C18H22N3O4S2/c1-21(23)10-8-20(9-11-21)27(24,25)14-16(13-15-5-3-2-4-6-15)17(22)18-19-7-12-26-18/h2-6,12,16H,8-11,13-14H2,1H3/t16-/m0/s1. The molecule has 9 heteroatoms. The average molecular weight is 409 g/mol. The number of aromatic nitrogens is 1. The number of hydrogen-bond donors (Lipinski definition) is 0. The summed E-state index contributed by atoms with van der Waals surface area (Å²) in [6.45, 7) is 0.801. The van der Waals surface area contributed by atoms with Gasteiger partial charge in [0.2, 0.25) is 10.0 Å². The molecule has 1 fully saturated rings. The van der Waals surface area contributed by atoms with Crippen molar-refractivity contribution < 1.29 is 17.9 Å². The normalized spacial score (nSPS) is 18.9. The number of carbonyl (C=O) groups is 1. The first-order valence-electron chi connectivity index (χ1n) is 8.70. The Kier molecular flexibility index (Phi) is 6.07. The van der Waals surface area contributed by atoms with Gasteiger partial charge in [0, 0.05) is 11.3 Å². The maximum atomic E-state index is 12.9. The van der Waals surface area contributed by atoms with Crippen molar-refractivity contribution in [3.05, 3.63) is 57.7 Å². The summed E-state index contributed by atoms with van der Waals surface area (Å²) in [5.41, 5.74) is 0.897. The van der Waals surface area contributed by atoms with E-state index in [1.165, 1.54) is 4.31 Å². The predicted octanol–water partition coefficient (Wildman–Crippen LogP) is 1.57. The smallest absolute Gasteiger partial charge is 0.215 e. The van der Waals surface area contributed by atoms with Crippen LogP contribution in [-0.4, -0.2) is 67.1 Å². The zero-order chi connectivity index (χ0) is 19.5. The summed E-state index contributed by atoms with van der Waals surface area (Å²) >= 11 is 1.16. The van der Waals surface area contributed by atoms with Gasteiger partial charge in [0.15, 0.2) is 10.8 Å². The van der Waals surface area contributed by atoms with Crippen LogP contribution >= 0.6 is 11.3 Å². The number of hydroxylamine groups is 3. The zero-order valence-electron chi connectivity index (χ0n) is 15.1. The molecule has 1 radical (unpaired) electrons. The Labute approximate surface area is 163 Å². The van der Waals surface area contributed by atoms with Crippen molar-refractivity contribution in [1.82, 2.24) is 9.29 Å². The van der Waals surface area contributed by atoms with E-state index in [-0.39, 0.29) is 42.7 Å². The minimum atomic E-state index is -3.66. The van der Waals surface area contributed by atoms with Crippen LogP contribution in [0.25, 0.3) is 0 Å². The van der Waals surface area contributed by atoms with Gasteiger partial charge in [-0.05, 0) is 12.0 Å². The third kappa shape index (κ3) is 5.20. The number of sulfonamides is 1. The Hall–Kier alpha value is -1.65. The topological polar surface area (TPSA) is 90.4 Å². The van der Waals surface area contributed by atoms with Gasteiger partial charge in [-0.3, -0.25) is 4.79 Å². The van der Waals surface area contributed by atoms with E-state index in [1.54, 1.807) is 12.4 Å². The maximum Gasteiger partial charge on any atom is 0.215 e. The maximum absolute atomic E-state index is 12.9. The second-order valence-corrected chi connectivity index (χ2v) is 9.83. The number of Topliss-reactive ketones (excluding diaryl/α,β-unsaturated/α-hetero) is 1. The molecule has 145 valence electrons. The molecular weight excluding hydrogens is 386 g/mol. The van der Waals surface area contributed by atoms with Crippen molar-refractivity contribution in [1.29, 1.82) is 0 Å². The zero-order valence-corrected chi connectivity index (χ0v) is 16.7. The monoisotopic (exact) mass is 408 g/mol. The van der Waals surface area contributed by atoms with Crippen molar-refractivity contribution in [3.63, 3.8) is 0 Å². The fourth-order valence-corrected chi connectivity index (χ4v) is 5.43. The van der Waals surface area contributed by atoms with E-state index in [4.69, 9.17) is 0 Å². The third-order valence-electron chi connectivity index (χ3n) is 4.75. The van der Waals surface area contributed by atoms with Crippen LogP contribution in [0.5, 0.6) is 0 Å². The molecule has 1 aromatic heterocycles. The summed E-state index contributed by atoms with van der Waals surface area (Å²) < 4.78 is 26.7. The van der Waals surface area contributed by atoms with Gasteiger partial charge in [-0.1, -0.05) is 30.3 Å². The Morgan fingerprint density at radius 1 is 1.33 bits per heavy atom. The molecule has 0 aliphatic carbocycles. The van der Waals surface area contributed by atoms with E-state index in [0.717, 1.165) is 16.9 Å². The van der Waals surface area contributed by atoms with Gasteiger partial charge in [0.25, 0.3) is 0 Å². The molecule has 27 heavy (non-hydrogen) atoms. The lowest BCUT2D eigenvalue weighted by Crippen LogP contribution is -2.55. The molecule has 1 atom stereocenters. The van der Waals surface area contributed by atoms with Crippen LogP contribution in [0.2, 0.25) is 0 Å². The summed E-state index contributed by atoms with van der Waals surface area (Å²) in [6.07, 6.45) is 2.94. The number of nitrogens with zero attached hydrogens (tertiary/aromatic N) is 3. The number of rotatable bonds is 7. The first kappa shape index (κ1) is 20.1. The van der Waals surface area contributed by atoms with Gasteiger partial charge >= 0.3 is 0 Å². The Morgan fingerprint density at radius 3 is 2.59 bits per heavy atom. The lowest BCUT2D eigenvalue weighted by Gasteiger charge is -2.44. The quantitative estimate of drug-likeness (QED) is 0.394. The number of likely N-dealkylation sites (N-methyl/N-ethyl adjacent to an activating group) is 1. The largest absolute Gasteiger partial charge is 0.633 e. The number of quaternary nitrogens is 1. The molecule has 1 aliphatic heterocycles. The minimum Gasteiger partial charge on any atom is -0.633 e. The van der Waals surface area contributed by atoms with E-state index in [2.05, 4.69) is 11.2 Å². The van der Waals surface area contributed by atoms with Crippen molar-refractivity contribution in [2.45, 2.75) is 6.42 Å². The molecular formula is C18H22N3O4S2. The molecule has 7 nitrogen and oxygen atoms in total. The third-order valence-corrected chi connectivity index (χ3v) is 7.46. The molecule has 3 rings (SSSR count). The number of ketones is 1. The molecule has 0 saturated carbocycles. The summed E-state index contributed by atoms with van der Waals surface area (Å²) in [5.74, 6) is -1.30. The summed E-state index contributed by atoms with van der Waals surface area (Å²) in [7, 11) is -2.11. The molecule has 2 aromatic rings. The molecule has 0 bridgehead atoms. The van der Waals surface area contributed by atoms with Crippen molar-refractivity contribution >= 4 is 27.1 Å². The predicted molar refractivity (Wildman–Crippen MR) is 104 cm³/mol. The van der Waals surface area contributed by atoms with Gasteiger partial charge in [-0.15, -0.1) is 11.3 Å². The van der Waals surface area contributed by atoms with E-state index in [9.17, 15) is 18.4 Å². The van der Waals surface area contributed by atoms with Gasteiger partial charge in [0.05, 0.1) is 39.0 Å². The van der Waals surface area contributed by atoms with Crippen LogP contribution in [0.4, 0.5) is 0 Å². The van der Waals surface area contributed by atoms with Crippen molar-refractivity contribution in [2.24, 2.45) is 5.92 Å². The van der Waals surface area contributed by atoms with Crippen LogP contribution in [0.15, 0.2) is 35.7 Å². The number of piperazine rings is 1. The first-order valence-corrected chi connectivity index (χ1v) is 11.2. The van der Waals surface area contributed by atoms with Gasteiger partial charge in [-0.25, -0.2) is 13.4 Å². The number of carbonyl (C=O) groups excluding carboxylic acids is 1. The van der Waals surface area contributed by atoms with E-state index in [0.29, 0.717) is 6.42 Å². The van der Waals surface area contributed by atoms with E-state index < -0.39 is 20.6 Å². The molecule has 1 saturated heterocycles. The highest BCUT2D eigenvalue weighted by Crippen LogP contribution is 2.21. The Bertz CT molecular complexity index is 857. The van der Waals surface area contributed by atoms with Gasteiger partial charge < -0.3 is 9.85 Å². The Morgan fingerprint density at radius 2 is 2.00 bits per heavy atom. The van der Waals surface area contributed by atoms with Crippen LogP contribution in [0, 0.1) is 17.3 Å². The Balaban J connectivity index is 1.79. The van der Waals surface area contributed by atoms with E-state index in [1.807, 2.05) is 30.3 Å². The SMILES string of the molecule is C[N+]1([O-])CCN(S(=O)(=O)C[C@H](Cc2ccccc2)C(=O)c2n[c]cs2)CC1. The van der Waals surface area contributed by atoms with Crippen LogP contribution in [0.3, 0.4) is 0 Å². The molecule has 0 unspecified atom stereocenters. The second kappa shape index (κ2) is 8.15. The molecule has 0 N–H and O–H groups in total. The number of benzene rings is 1. The van der Waals surface area contributed by atoms with Crippen LogP contribution in [0.1, 0.15) is 15.4 Å². The lowest BCUT2D eigenvalue weighted by molar-refractivity contribution is -0.864. The molecule has 1 aromatic carbocycles. The number of thiazole rings is 1. The fraction of sp³-hybridized carbons (Fsp3) is 0.444. The first-order chi connectivity index (χ1) is 12.8. The van der Waals surface area contributed by atoms with Gasteiger partial charge in [0.1, 0.15) is 6.20 Å². The molecule has 0 amide bonds. The van der Waals surface area contributed by atoms with E-state index >= 15 is 0 Å². The summed E-state index contributed by atoms with van der Waals surface area (Å²) in [4.78, 5) is 16.8. The highest BCUT2D eigenvalue weighted by atomic mass is 32.2. The molecule has 2 heterocycles. The fourth-order valence-electron chi connectivity index (χ4n) is 3.11. The molecule has 1 aliphatic rings. The van der Waals surface area contributed by atoms with Crippen molar-refractivity contribution in [3.8, 4) is 0 Å². The van der Waals surface area contributed by atoms with Crippen LogP contribution in [-0.2, 0) is 16.4 Å². The molecule has 0 spiro atoms. The average Bonchev–Trinajstić information content (AvgIpc) is 3.15. The van der Waals surface area contributed by atoms with Crippen LogP contribution < -0.4 is 0 Å². The van der Waals surface area contributed by atoms with Gasteiger partial charge in [-0.2, -0.15) is 4.31 Å². The lowest BCUT2D eigenvalue weighted by atomic mass is 9.97. The highest BCUT2D eigenvalue weighted by molar-refractivity contribution is 7.89. The van der Waals surface area contributed by atoms with Crippen molar-refractivity contribution in [2.75, 3.05) is 39.0 Å². The minimum absolute atomic E-state index is 0.180. The number of hydrogen-bond acceptors (Lipinski definition) is 6. The summed E-state index contributed by atoms with van der Waals surface area (Å²) in [6, 6.07) is 9.35. The highest BCUT2D eigenvalue weighted by Gasteiger charge is 2.35. The summed E-state index contributed by atoms with van der Waals surface area (Å²) in [5, 5.41) is 13.8. The second-order valence-electron chi connectivity index (χ2n) is 6.95.